The first-order valence-electron chi connectivity index (χ1n) is 9.55. The quantitative estimate of drug-likeness (QED) is 0.531. The van der Waals surface area contributed by atoms with Crippen LogP contribution in [0.5, 0.6) is 0 Å². The summed E-state index contributed by atoms with van der Waals surface area (Å²) in [6.45, 7) is 11.4. The Hall–Kier alpha value is -0.743. The van der Waals surface area contributed by atoms with Crippen LogP contribution in [0.2, 0.25) is 18.1 Å². The average molecular weight is 349 g/mol. The Morgan fingerprint density at radius 1 is 1.00 bits per heavy atom. The summed E-state index contributed by atoms with van der Waals surface area (Å²) in [5.41, 5.74) is 2.79. The van der Waals surface area contributed by atoms with Crippen molar-refractivity contribution in [3.05, 3.63) is 11.1 Å². The lowest BCUT2D eigenvalue weighted by molar-refractivity contribution is -0.121. The fourth-order valence-electron chi connectivity index (χ4n) is 4.39. The van der Waals surface area contributed by atoms with Crippen molar-refractivity contribution < 1.29 is 14.0 Å². The van der Waals surface area contributed by atoms with Crippen LogP contribution in [-0.4, -0.2) is 26.0 Å². The minimum Gasteiger partial charge on any atom is -0.410 e. The molecule has 1 fully saturated rings. The largest absolute Gasteiger partial charge is 0.410 e. The van der Waals surface area contributed by atoms with Gasteiger partial charge in [0.15, 0.2) is 8.32 Å². The minimum atomic E-state index is -1.90. The summed E-state index contributed by atoms with van der Waals surface area (Å²) < 4.78 is 6.77. The van der Waals surface area contributed by atoms with Gasteiger partial charge < -0.3 is 4.43 Å². The van der Waals surface area contributed by atoms with E-state index in [0.29, 0.717) is 36.7 Å². The van der Waals surface area contributed by atoms with Crippen molar-refractivity contribution >= 4 is 19.9 Å². The molecule has 0 radical (unpaired) electrons. The zero-order valence-electron chi connectivity index (χ0n) is 15.9. The predicted octanol–water partition coefficient (Wildman–Crippen LogP) is 4.82. The molecule has 0 aromatic rings. The average Bonchev–Trinajstić information content (AvgIpc) is 2.99. The number of hydrogen-bond donors (Lipinski definition) is 0. The maximum absolute atomic E-state index is 12.5. The van der Waals surface area contributed by atoms with Crippen molar-refractivity contribution in [3.63, 3.8) is 0 Å². The lowest BCUT2D eigenvalue weighted by atomic mass is 9.91. The number of ketones is 2. The van der Waals surface area contributed by atoms with Gasteiger partial charge in [0.25, 0.3) is 0 Å². The highest BCUT2D eigenvalue weighted by atomic mass is 28.4. The molecule has 0 spiro atoms. The highest BCUT2D eigenvalue weighted by Gasteiger charge is 2.46. The van der Waals surface area contributed by atoms with Crippen molar-refractivity contribution in [1.82, 2.24) is 0 Å². The molecule has 0 N–H and O–H groups in total. The number of rotatable bonds is 2. The number of Topliss-reactive ketones (excluding diaryl/α,β-unsaturated/α-hetero) is 2. The Morgan fingerprint density at radius 3 is 2.33 bits per heavy atom. The summed E-state index contributed by atoms with van der Waals surface area (Å²) in [7, 11) is -1.90. The van der Waals surface area contributed by atoms with Crippen molar-refractivity contribution in [3.8, 4) is 0 Å². The number of allylic oxidation sites excluding steroid dienone is 1. The highest BCUT2D eigenvalue weighted by molar-refractivity contribution is 6.74. The van der Waals surface area contributed by atoms with Crippen LogP contribution in [0.1, 0.15) is 65.7 Å². The third kappa shape index (κ3) is 3.19. The maximum atomic E-state index is 12.5. The van der Waals surface area contributed by atoms with E-state index in [0.717, 1.165) is 25.7 Å². The summed E-state index contributed by atoms with van der Waals surface area (Å²) >= 11 is 0. The van der Waals surface area contributed by atoms with Crippen LogP contribution in [0.15, 0.2) is 11.1 Å². The summed E-state index contributed by atoms with van der Waals surface area (Å²) in [5.74, 6) is 1.13. The van der Waals surface area contributed by atoms with Crippen LogP contribution < -0.4 is 0 Å². The Labute approximate surface area is 147 Å². The number of hydrogen-bond acceptors (Lipinski definition) is 3. The molecule has 4 heteroatoms. The molecule has 1 unspecified atom stereocenters. The van der Waals surface area contributed by atoms with E-state index < -0.39 is 8.32 Å². The zero-order valence-corrected chi connectivity index (χ0v) is 16.9. The third-order valence-corrected chi connectivity index (χ3v) is 11.3. The highest BCUT2D eigenvalue weighted by Crippen LogP contribution is 2.50. The van der Waals surface area contributed by atoms with Gasteiger partial charge in [-0.05, 0) is 55.3 Å². The molecule has 0 bridgehead atoms. The van der Waals surface area contributed by atoms with Crippen LogP contribution in [0, 0.1) is 11.8 Å². The van der Waals surface area contributed by atoms with Gasteiger partial charge in [-0.2, -0.15) is 0 Å². The maximum Gasteiger partial charge on any atom is 0.192 e. The standard InChI is InChI=1S/C20H32O3Si/c1-20(2,3)24(4,5)23-18-11-8-14(21)7-10-15-17(22)12-13-6-9-16(18)19(13)15/h13,15,18H,6-12H2,1-5H3/t13-,15?,18-/m0/s1. The molecule has 0 aliphatic heterocycles. The molecule has 0 aromatic carbocycles. The first kappa shape index (κ1) is 18.1. The molecule has 0 amide bonds. The summed E-state index contributed by atoms with van der Waals surface area (Å²) in [5, 5.41) is 0.156. The Morgan fingerprint density at radius 2 is 1.67 bits per heavy atom. The first-order valence-corrected chi connectivity index (χ1v) is 12.5. The van der Waals surface area contributed by atoms with Gasteiger partial charge in [0, 0.05) is 25.2 Å². The van der Waals surface area contributed by atoms with Gasteiger partial charge in [0.05, 0.1) is 6.10 Å². The topological polar surface area (TPSA) is 43.4 Å². The Kier molecular flexibility index (Phi) is 4.67. The lowest BCUT2D eigenvalue weighted by Crippen LogP contribution is -2.44. The van der Waals surface area contributed by atoms with E-state index in [1.165, 1.54) is 11.1 Å². The number of carbonyl (C=O) groups excluding carboxylic acids is 2. The van der Waals surface area contributed by atoms with Crippen LogP contribution in [0.3, 0.4) is 0 Å². The summed E-state index contributed by atoms with van der Waals surface area (Å²) in [4.78, 5) is 24.7. The van der Waals surface area contributed by atoms with Gasteiger partial charge in [0.1, 0.15) is 11.6 Å². The predicted molar refractivity (Wildman–Crippen MR) is 98.4 cm³/mol. The van der Waals surface area contributed by atoms with E-state index in [4.69, 9.17) is 4.43 Å². The van der Waals surface area contributed by atoms with Crippen LogP contribution in [-0.2, 0) is 14.0 Å². The molecule has 3 rings (SSSR count). The molecule has 3 aliphatic carbocycles. The zero-order chi connectivity index (χ0) is 17.7. The van der Waals surface area contributed by atoms with Gasteiger partial charge >= 0.3 is 0 Å². The van der Waals surface area contributed by atoms with E-state index in [1.54, 1.807) is 0 Å². The second-order valence-electron chi connectivity index (χ2n) is 9.42. The van der Waals surface area contributed by atoms with E-state index in [2.05, 4.69) is 33.9 Å². The number of carbonyl (C=O) groups is 2. The second kappa shape index (κ2) is 6.21. The fraction of sp³-hybridized carbons (Fsp3) is 0.800. The van der Waals surface area contributed by atoms with Crippen molar-refractivity contribution in [2.24, 2.45) is 11.8 Å². The van der Waals surface area contributed by atoms with Gasteiger partial charge in [-0.1, -0.05) is 26.3 Å². The molecule has 1 saturated carbocycles. The van der Waals surface area contributed by atoms with Gasteiger partial charge in [0.2, 0.25) is 0 Å². The lowest BCUT2D eigenvalue weighted by Gasteiger charge is -2.40. The van der Waals surface area contributed by atoms with Gasteiger partial charge in [-0.25, -0.2) is 0 Å². The third-order valence-electron chi connectivity index (χ3n) is 6.81. The van der Waals surface area contributed by atoms with E-state index in [1.807, 2.05) is 0 Å². The van der Waals surface area contributed by atoms with E-state index in [-0.39, 0.29) is 17.1 Å². The smallest absolute Gasteiger partial charge is 0.192 e. The molecule has 0 heterocycles. The summed E-state index contributed by atoms with van der Waals surface area (Å²) in [6.07, 6.45) is 5.63. The normalized spacial score (nSPS) is 31.8. The monoisotopic (exact) mass is 348 g/mol. The van der Waals surface area contributed by atoms with Crippen LogP contribution >= 0.6 is 0 Å². The molecule has 0 saturated heterocycles. The molecular weight excluding hydrogens is 316 g/mol. The first-order chi connectivity index (χ1) is 11.1. The summed E-state index contributed by atoms with van der Waals surface area (Å²) in [6, 6.07) is 0. The van der Waals surface area contributed by atoms with Crippen molar-refractivity contribution in [2.75, 3.05) is 0 Å². The molecule has 24 heavy (non-hydrogen) atoms. The molecule has 134 valence electrons. The van der Waals surface area contributed by atoms with E-state index >= 15 is 0 Å². The minimum absolute atomic E-state index is 0.0139. The van der Waals surface area contributed by atoms with Crippen LogP contribution in [0.25, 0.3) is 0 Å². The Balaban J connectivity index is 1.96. The van der Waals surface area contributed by atoms with Crippen molar-refractivity contribution in [2.45, 2.75) is 90.0 Å². The SMILES string of the molecule is CC(C)(C)[Si](C)(C)O[C@H]1CCC(=O)CCC2C(=O)C[C@@H]3CCC1=C23. The van der Waals surface area contributed by atoms with Gasteiger partial charge in [-0.3, -0.25) is 9.59 Å². The fourth-order valence-corrected chi connectivity index (χ4v) is 5.72. The molecular formula is C20H32O3Si. The molecule has 3 aliphatic rings. The van der Waals surface area contributed by atoms with E-state index in [9.17, 15) is 9.59 Å². The van der Waals surface area contributed by atoms with Gasteiger partial charge in [-0.15, -0.1) is 0 Å². The molecule has 3 atom stereocenters. The van der Waals surface area contributed by atoms with Crippen LogP contribution in [0.4, 0.5) is 0 Å². The molecule has 0 aromatic heterocycles. The second-order valence-corrected chi connectivity index (χ2v) is 14.2. The molecule has 3 nitrogen and oxygen atoms in total. The van der Waals surface area contributed by atoms with Crippen molar-refractivity contribution in [1.29, 1.82) is 0 Å². The Bertz CT molecular complexity index is 582.